The maximum absolute atomic E-state index is 13.9. The molecule has 208 valence electrons. The van der Waals surface area contributed by atoms with E-state index < -0.39 is 40.8 Å². The fourth-order valence-electron chi connectivity index (χ4n) is 5.69. The Hall–Kier alpha value is -4.58. The van der Waals surface area contributed by atoms with Crippen molar-refractivity contribution in [2.45, 2.75) is 43.4 Å². The molecule has 0 saturated carbocycles. The number of carbonyl (C=O) groups excluding carboxylic acids is 2. The first kappa shape index (κ1) is 25.7. The fraction of sp³-hybridized carbons (Fsp3) is 0.357. The van der Waals surface area contributed by atoms with Gasteiger partial charge in [0.05, 0.1) is 12.1 Å². The van der Waals surface area contributed by atoms with Gasteiger partial charge in [-0.3, -0.25) is 9.59 Å². The molecular formula is C28H30N6O6. The zero-order valence-corrected chi connectivity index (χ0v) is 21.7. The molecule has 12 nitrogen and oxygen atoms in total. The Morgan fingerprint density at radius 2 is 1.77 bits per heavy atom. The molecule has 3 aliphatic heterocycles. The molecule has 2 atom stereocenters. The van der Waals surface area contributed by atoms with Crippen LogP contribution < -0.4 is 37.2 Å². The van der Waals surface area contributed by atoms with Crippen LogP contribution in [0.15, 0.2) is 70.3 Å². The summed E-state index contributed by atoms with van der Waals surface area (Å²) in [4.78, 5) is 53.6. The first-order chi connectivity index (χ1) is 19.4. The van der Waals surface area contributed by atoms with Gasteiger partial charge in [-0.15, -0.1) is 0 Å². The van der Waals surface area contributed by atoms with E-state index in [2.05, 4.69) is 10.6 Å². The molecule has 3 aromatic rings. The number of allylic oxidation sites excluding steroid dienone is 1. The van der Waals surface area contributed by atoms with Crippen molar-refractivity contribution in [3.63, 3.8) is 0 Å². The SMILES string of the molecule is NC(=O)[C@@H](Cc1ccccc1)NC(=O)C1C=CC2(CCNCC2)n2c(=O)n(Cc3ccc4c(c3)OCO4)c(=O)n21. The number of benzene rings is 2. The smallest absolute Gasteiger partial charge is 0.348 e. The van der Waals surface area contributed by atoms with E-state index in [-0.39, 0.29) is 19.8 Å². The maximum atomic E-state index is 13.9. The van der Waals surface area contributed by atoms with E-state index in [0.29, 0.717) is 43.0 Å². The summed E-state index contributed by atoms with van der Waals surface area (Å²) in [6, 6.07) is 12.3. The number of piperidine rings is 1. The van der Waals surface area contributed by atoms with Crippen LogP contribution in [-0.4, -0.2) is 51.7 Å². The van der Waals surface area contributed by atoms with Crippen LogP contribution in [0.5, 0.6) is 11.5 Å². The molecule has 12 heteroatoms. The van der Waals surface area contributed by atoms with Crippen molar-refractivity contribution in [1.82, 2.24) is 24.6 Å². The molecule has 2 aromatic carbocycles. The highest BCUT2D eigenvalue weighted by molar-refractivity contribution is 5.89. The average Bonchev–Trinajstić information content (AvgIpc) is 3.52. The second-order valence-electron chi connectivity index (χ2n) is 10.3. The van der Waals surface area contributed by atoms with Crippen molar-refractivity contribution >= 4 is 11.8 Å². The number of nitrogens with one attached hydrogen (secondary N) is 2. The van der Waals surface area contributed by atoms with Gasteiger partial charge in [-0.1, -0.05) is 48.6 Å². The molecule has 1 spiro atoms. The molecule has 2 amide bonds. The highest BCUT2D eigenvalue weighted by atomic mass is 16.7. The largest absolute Gasteiger partial charge is 0.454 e. The van der Waals surface area contributed by atoms with E-state index in [1.807, 2.05) is 36.4 Å². The Labute approximate surface area is 229 Å². The average molecular weight is 547 g/mol. The van der Waals surface area contributed by atoms with Gasteiger partial charge in [0.25, 0.3) is 0 Å². The zero-order chi connectivity index (χ0) is 27.9. The Bertz CT molecular complexity index is 1600. The summed E-state index contributed by atoms with van der Waals surface area (Å²) >= 11 is 0. The van der Waals surface area contributed by atoms with E-state index in [1.165, 1.54) is 9.36 Å². The minimum Gasteiger partial charge on any atom is -0.454 e. The van der Waals surface area contributed by atoms with Gasteiger partial charge in [0.2, 0.25) is 18.6 Å². The van der Waals surface area contributed by atoms with Crippen LogP contribution in [0, 0.1) is 0 Å². The zero-order valence-electron chi connectivity index (χ0n) is 21.7. The number of primary amides is 1. The van der Waals surface area contributed by atoms with Crippen molar-refractivity contribution in [3.8, 4) is 11.5 Å². The molecule has 0 radical (unpaired) electrons. The molecule has 1 fully saturated rings. The number of carbonyl (C=O) groups is 2. The molecule has 4 N–H and O–H groups in total. The molecule has 0 aliphatic carbocycles. The Balaban J connectivity index is 1.36. The van der Waals surface area contributed by atoms with Gasteiger partial charge < -0.3 is 25.8 Å². The van der Waals surface area contributed by atoms with Crippen LogP contribution >= 0.6 is 0 Å². The number of amides is 2. The first-order valence-corrected chi connectivity index (χ1v) is 13.2. The molecular weight excluding hydrogens is 516 g/mol. The Kier molecular flexibility index (Phi) is 6.54. The third-order valence-electron chi connectivity index (χ3n) is 7.79. The molecule has 6 rings (SSSR count). The summed E-state index contributed by atoms with van der Waals surface area (Å²) in [6.07, 6.45) is 4.83. The van der Waals surface area contributed by atoms with E-state index in [1.54, 1.807) is 24.3 Å². The number of rotatable bonds is 7. The van der Waals surface area contributed by atoms with Crippen molar-refractivity contribution in [2.24, 2.45) is 5.73 Å². The van der Waals surface area contributed by atoms with Gasteiger partial charge in [0.15, 0.2) is 17.5 Å². The fourth-order valence-corrected chi connectivity index (χ4v) is 5.69. The standard InChI is InChI=1S/C28H30N6O6/c29-24(35)20(14-18-4-2-1-3-5-18)31-25(36)21-8-9-28(10-12-30-13-11-28)34-27(38)32(26(37)33(21)34)16-19-6-7-22-23(15-19)40-17-39-22/h1-9,15,20-21,30H,10-14,16-17H2,(H2,29,35)(H,31,36)/t20-,21?/m1/s1. The van der Waals surface area contributed by atoms with E-state index in [0.717, 1.165) is 10.1 Å². The quantitative estimate of drug-likeness (QED) is 0.353. The predicted molar refractivity (Wildman–Crippen MR) is 144 cm³/mol. The summed E-state index contributed by atoms with van der Waals surface area (Å²) < 4.78 is 14.6. The number of nitrogens with zero attached hydrogens (tertiary/aromatic N) is 3. The first-order valence-electron chi connectivity index (χ1n) is 13.2. The number of hydrogen-bond donors (Lipinski definition) is 3. The number of ether oxygens (including phenoxy) is 2. The lowest BCUT2D eigenvalue weighted by molar-refractivity contribution is -0.129. The minimum atomic E-state index is -1.14. The van der Waals surface area contributed by atoms with Gasteiger partial charge in [0.1, 0.15) is 6.04 Å². The normalized spacial score (nSPS) is 19.2. The van der Waals surface area contributed by atoms with Crippen molar-refractivity contribution in [3.05, 3.63) is 92.8 Å². The molecule has 1 saturated heterocycles. The topological polar surface area (TPSA) is 152 Å². The number of nitrogens with two attached hydrogens (primary N) is 1. The Morgan fingerprint density at radius 1 is 1.02 bits per heavy atom. The van der Waals surface area contributed by atoms with Gasteiger partial charge in [-0.05, 0) is 49.2 Å². The van der Waals surface area contributed by atoms with Gasteiger partial charge >= 0.3 is 11.4 Å². The summed E-state index contributed by atoms with van der Waals surface area (Å²) in [5.41, 5.74) is 5.23. The van der Waals surface area contributed by atoms with Crippen LogP contribution in [0.2, 0.25) is 0 Å². The van der Waals surface area contributed by atoms with Gasteiger partial charge in [-0.2, -0.15) is 0 Å². The van der Waals surface area contributed by atoms with Crippen LogP contribution in [-0.2, 0) is 28.1 Å². The van der Waals surface area contributed by atoms with Crippen LogP contribution in [0.4, 0.5) is 0 Å². The molecule has 1 aromatic heterocycles. The predicted octanol–water partition coefficient (Wildman–Crippen LogP) is -0.00910. The third kappa shape index (κ3) is 4.49. The summed E-state index contributed by atoms with van der Waals surface area (Å²) in [7, 11) is 0. The maximum Gasteiger partial charge on any atom is 0.348 e. The molecule has 0 bridgehead atoms. The number of aromatic nitrogens is 3. The van der Waals surface area contributed by atoms with Crippen molar-refractivity contribution < 1.29 is 19.1 Å². The molecule has 1 unspecified atom stereocenters. The third-order valence-corrected chi connectivity index (χ3v) is 7.79. The second-order valence-corrected chi connectivity index (χ2v) is 10.3. The van der Waals surface area contributed by atoms with E-state index >= 15 is 0 Å². The lowest BCUT2D eigenvalue weighted by atomic mass is 9.86. The monoisotopic (exact) mass is 546 g/mol. The minimum absolute atomic E-state index is 0.0120. The summed E-state index contributed by atoms with van der Waals surface area (Å²) in [5, 5.41) is 6.00. The summed E-state index contributed by atoms with van der Waals surface area (Å²) in [6.45, 7) is 1.39. The van der Waals surface area contributed by atoms with E-state index in [4.69, 9.17) is 15.2 Å². The summed E-state index contributed by atoms with van der Waals surface area (Å²) in [5.74, 6) is -0.162. The van der Waals surface area contributed by atoms with Crippen LogP contribution in [0.25, 0.3) is 0 Å². The highest BCUT2D eigenvalue weighted by Gasteiger charge is 2.43. The highest BCUT2D eigenvalue weighted by Crippen LogP contribution is 2.34. The lowest BCUT2D eigenvalue weighted by Crippen LogP contribution is -2.55. The second kappa shape index (κ2) is 10.2. The Morgan fingerprint density at radius 3 is 2.52 bits per heavy atom. The molecule has 4 heterocycles. The van der Waals surface area contributed by atoms with E-state index in [9.17, 15) is 19.2 Å². The molecule has 40 heavy (non-hydrogen) atoms. The van der Waals surface area contributed by atoms with Gasteiger partial charge in [0, 0.05) is 6.42 Å². The number of fused-ring (bicyclic) bond motifs is 3. The molecule has 3 aliphatic rings. The lowest BCUT2D eigenvalue weighted by Gasteiger charge is -2.40. The van der Waals surface area contributed by atoms with Gasteiger partial charge in [-0.25, -0.2) is 23.5 Å². The van der Waals surface area contributed by atoms with Crippen LogP contribution in [0.1, 0.15) is 30.0 Å². The van der Waals surface area contributed by atoms with Crippen molar-refractivity contribution in [1.29, 1.82) is 0 Å². The number of hydrogen-bond acceptors (Lipinski definition) is 7. The van der Waals surface area contributed by atoms with Crippen LogP contribution in [0.3, 0.4) is 0 Å². The van der Waals surface area contributed by atoms with Crippen molar-refractivity contribution in [2.75, 3.05) is 19.9 Å².